The fraction of sp³-hybridized carbons (Fsp3) is 0.353. The number of hydrogen-bond acceptors (Lipinski definition) is 4. The number of thiazole rings is 1. The molecule has 0 bridgehead atoms. The van der Waals surface area contributed by atoms with Crippen molar-refractivity contribution in [3.05, 3.63) is 52.0 Å². The monoisotopic (exact) mass is 473 g/mol. The average molecular weight is 473 g/mol. The van der Waals surface area contributed by atoms with E-state index in [1.165, 1.54) is 4.88 Å². The number of carbonyl (C=O) groups excluding carboxylic acids is 1. The van der Waals surface area contributed by atoms with E-state index in [-0.39, 0.29) is 36.4 Å². The summed E-state index contributed by atoms with van der Waals surface area (Å²) in [6.07, 6.45) is 1.85. The van der Waals surface area contributed by atoms with Crippen LogP contribution in [0.25, 0.3) is 0 Å². The lowest BCUT2D eigenvalue weighted by Crippen LogP contribution is -2.42. The molecule has 2 aromatic rings. The van der Waals surface area contributed by atoms with E-state index >= 15 is 0 Å². The SMILES string of the molecule is Cc1cnc(CNC(=NCc2ccccc2)NCC(=O)N(C)C)s1.I. The van der Waals surface area contributed by atoms with Crippen LogP contribution in [-0.2, 0) is 17.9 Å². The lowest BCUT2D eigenvalue weighted by atomic mass is 10.2. The molecule has 136 valence electrons. The predicted molar refractivity (Wildman–Crippen MR) is 113 cm³/mol. The third kappa shape index (κ3) is 7.82. The lowest BCUT2D eigenvalue weighted by molar-refractivity contribution is -0.127. The second kappa shape index (κ2) is 11.0. The van der Waals surface area contributed by atoms with E-state index < -0.39 is 0 Å². The van der Waals surface area contributed by atoms with Crippen molar-refractivity contribution in [3.63, 3.8) is 0 Å². The Kier molecular flexibility index (Phi) is 9.43. The van der Waals surface area contributed by atoms with Crippen LogP contribution in [0.4, 0.5) is 0 Å². The molecule has 0 atom stereocenters. The molecule has 0 aliphatic carbocycles. The fourth-order valence-corrected chi connectivity index (χ4v) is 2.61. The van der Waals surface area contributed by atoms with Crippen LogP contribution in [0.15, 0.2) is 41.5 Å². The van der Waals surface area contributed by atoms with Gasteiger partial charge in [0.05, 0.1) is 19.6 Å². The zero-order valence-electron chi connectivity index (χ0n) is 14.7. The number of amides is 1. The summed E-state index contributed by atoms with van der Waals surface area (Å²) in [6.45, 7) is 3.35. The van der Waals surface area contributed by atoms with Gasteiger partial charge in [-0.3, -0.25) is 4.79 Å². The Hall–Kier alpha value is -1.68. The molecule has 1 heterocycles. The van der Waals surface area contributed by atoms with Gasteiger partial charge in [-0.25, -0.2) is 9.98 Å². The number of guanidine groups is 1. The topological polar surface area (TPSA) is 69.6 Å². The maximum absolute atomic E-state index is 11.8. The van der Waals surface area contributed by atoms with Gasteiger partial charge in [0, 0.05) is 25.2 Å². The summed E-state index contributed by atoms with van der Waals surface area (Å²) in [6, 6.07) is 10.00. The summed E-state index contributed by atoms with van der Waals surface area (Å²) in [5.74, 6) is 0.594. The number of likely N-dealkylation sites (N-methyl/N-ethyl adjacent to an activating group) is 1. The van der Waals surface area contributed by atoms with Gasteiger partial charge in [-0.1, -0.05) is 30.3 Å². The van der Waals surface area contributed by atoms with E-state index in [0.29, 0.717) is 19.0 Å². The molecule has 0 saturated carbocycles. The Bertz CT molecular complexity index is 687. The molecule has 2 N–H and O–H groups in total. The number of nitrogens with zero attached hydrogens (tertiary/aromatic N) is 3. The van der Waals surface area contributed by atoms with E-state index in [2.05, 4.69) is 20.6 Å². The second-order valence-corrected chi connectivity index (χ2v) is 6.83. The fourth-order valence-electron chi connectivity index (χ4n) is 1.89. The van der Waals surface area contributed by atoms with Gasteiger partial charge in [-0.2, -0.15) is 0 Å². The zero-order valence-corrected chi connectivity index (χ0v) is 17.8. The average Bonchev–Trinajstić information content (AvgIpc) is 3.00. The van der Waals surface area contributed by atoms with Gasteiger partial charge in [-0.15, -0.1) is 35.3 Å². The molecule has 1 aromatic heterocycles. The van der Waals surface area contributed by atoms with Crippen molar-refractivity contribution in [1.82, 2.24) is 20.5 Å². The quantitative estimate of drug-likeness (QED) is 0.384. The first kappa shape index (κ1) is 21.4. The summed E-state index contributed by atoms with van der Waals surface area (Å²) >= 11 is 1.64. The first-order valence-electron chi connectivity index (χ1n) is 7.72. The van der Waals surface area contributed by atoms with Gasteiger partial charge in [0.25, 0.3) is 0 Å². The second-order valence-electron chi connectivity index (χ2n) is 5.51. The van der Waals surface area contributed by atoms with Crippen LogP contribution >= 0.6 is 35.3 Å². The molecule has 0 aliphatic rings. The summed E-state index contributed by atoms with van der Waals surface area (Å²) in [4.78, 5) is 23.4. The molecule has 0 radical (unpaired) electrons. The van der Waals surface area contributed by atoms with Crippen molar-refractivity contribution in [2.75, 3.05) is 20.6 Å². The number of rotatable bonds is 6. The molecule has 1 aromatic carbocycles. The largest absolute Gasteiger partial charge is 0.350 e. The highest BCUT2D eigenvalue weighted by Crippen LogP contribution is 2.10. The highest BCUT2D eigenvalue weighted by molar-refractivity contribution is 14.0. The Morgan fingerprint density at radius 3 is 2.56 bits per heavy atom. The highest BCUT2D eigenvalue weighted by atomic mass is 127. The molecule has 0 unspecified atom stereocenters. The van der Waals surface area contributed by atoms with Crippen molar-refractivity contribution in [2.24, 2.45) is 4.99 Å². The standard InChI is InChI=1S/C17H23N5OS.HI/c1-13-9-18-15(24-13)11-20-17(21-12-16(23)22(2)3)19-10-14-7-5-4-6-8-14;/h4-9H,10-12H2,1-3H3,(H2,19,20,21);1H. The van der Waals surface area contributed by atoms with Crippen molar-refractivity contribution in [2.45, 2.75) is 20.0 Å². The van der Waals surface area contributed by atoms with E-state index in [4.69, 9.17) is 0 Å². The molecular formula is C17H24IN5OS. The molecule has 0 aliphatic heterocycles. The molecule has 8 heteroatoms. The van der Waals surface area contributed by atoms with Crippen molar-refractivity contribution >= 4 is 47.2 Å². The number of hydrogen-bond donors (Lipinski definition) is 2. The van der Waals surface area contributed by atoms with Gasteiger partial charge < -0.3 is 15.5 Å². The van der Waals surface area contributed by atoms with E-state index in [0.717, 1.165) is 10.6 Å². The smallest absolute Gasteiger partial charge is 0.241 e. The normalized spacial score (nSPS) is 10.8. The van der Waals surface area contributed by atoms with Crippen LogP contribution < -0.4 is 10.6 Å². The van der Waals surface area contributed by atoms with Gasteiger partial charge in [-0.05, 0) is 12.5 Å². The van der Waals surface area contributed by atoms with Gasteiger partial charge in [0.2, 0.25) is 5.91 Å². The summed E-state index contributed by atoms with van der Waals surface area (Å²) in [7, 11) is 3.47. The number of halogens is 1. The summed E-state index contributed by atoms with van der Waals surface area (Å²) in [5, 5.41) is 7.29. The number of aryl methyl sites for hydroxylation is 1. The minimum absolute atomic E-state index is 0. The third-order valence-corrected chi connectivity index (χ3v) is 4.16. The first-order chi connectivity index (χ1) is 11.5. The Balaban J connectivity index is 0.00000312. The Labute approximate surface area is 169 Å². The summed E-state index contributed by atoms with van der Waals surface area (Å²) in [5.41, 5.74) is 1.11. The van der Waals surface area contributed by atoms with Crippen LogP contribution in [0.1, 0.15) is 15.4 Å². The minimum atomic E-state index is -0.00527. The molecule has 6 nitrogen and oxygen atoms in total. The number of aromatic nitrogens is 1. The molecule has 0 saturated heterocycles. The molecule has 2 rings (SSSR count). The molecule has 1 amide bonds. The lowest BCUT2D eigenvalue weighted by Gasteiger charge is -2.14. The highest BCUT2D eigenvalue weighted by Gasteiger charge is 2.07. The Morgan fingerprint density at radius 1 is 1.24 bits per heavy atom. The van der Waals surface area contributed by atoms with E-state index in [9.17, 15) is 4.79 Å². The van der Waals surface area contributed by atoms with Crippen molar-refractivity contribution < 1.29 is 4.79 Å². The van der Waals surface area contributed by atoms with Crippen LogP contribution in [0.2, 0.25) is 0 Å². The predicted octanol–water partition coefficient (Wildman–Crippen LogP) is 2.39. The molecule has 25 heavy (non-hydrogen) atoms. The molecule has 0 fully saturated rings. The number of benzene rings is 1. The van der Waals surface area contributed by atoms with Gasteiger partial charge >= 0.3 is 0 Å². The number of nitrogens with one attached hydrogen (secondary N) is 2. The van der Waals surface area contributed by atoms with Crippen LogP contribution in [0, 0.1) is 6.92 Å². The van der Waals surface area contributed by atoms with Crippen LogP contribution in [0.5, 0.6) is 0 Å². The first-order valence-corrected chi connectivity index (χ1v) is 8.54. The Morgan fingerprint density at radius 2 is 1.96 bits per heavy atom. The van der Waals surface area contributed by atoms with Crippen LogP contribution in [0.3, 0.4) is 0 Å². The molecular weight excluding hydrogens is 449 g/mol. The van der Waals surface area contributed by atoms with E-state index in [1.54, 1.807) is 30.3 Å². The van der Waals surface area contributed by atoms with E-state index in [1.807, 2.05) is 43.5 Å². The summed E-state index contributed by atoms with van der Waals surface area (Å²) < 4.78 is 0. The zero-order chi connectivity index (χ0) is 17.4. The third-order valence-electron chi connectivity index (χ3n) is 3.24. The van der Waals surface area contributed by atoms with Crippen LogP contribution in [-0.4, -0.2) is 42.4 Å². The minimum Gasteiger partial charge on any atom is -0.350 e. The molecule has 0 spiro atoms. The van der Waals surface area contributed by atoms with Gasteiger partial charge in [0.15, 0.2) is 5.96 Å². The number of carbonyl (C=O) groups is 1. The van der Waals surface area contributed by atoms with Crippen molar-refractivity contribution in [3.8, 4) is 0 Å². The number of aliphatic imine (C=N–C) groups is 1. The maximum atomic E-state index is 11.8. The van der Waals surface area contributed by atoms with Gasteiger partial charge in [0.1, 0.15) is 5.01 Å². The van der Waals surface area contributed by atoms with Crippen molar-refractivity contribution in [1.29, 1.82) is 0 Å². The maximum Gasteiger partial charge on any atom is 0.241 e.